The lowest BCUT2D eigenvalue weighted by Gasteiger charge is -2.07. The van der Waals surface area contributed by atoms with Crippen LogP contribution in [-0.2, 0) is 0 Å². The third-order valence-corrected chi connectivity index (χ3v) is 4.40. The average Bonchev–Trinajstić information content (AvgIpc) is 2.68. The number of para-hydroxylation sites is 1. The summed E-state index contributed by atoms with van der Waals surface area (Å²) in [6.07, 6.45) is 0. The molecule has 3 nitrogen and oxygen atoms in total. The second-order valence-corrected chi connectivity index (χ2v) is 6.56. The first-order valence-corrected chi connectivity index (χ1v) is 8.79. The predicted molar refractivity (Wildman–Crippen MR) is 107 cm³/mol. The van der Waals surface area contributed by atoms with Crippen LogP contribution in [0.3, 0.4) is 0 Å². The summed E-state index contributed by atoms with van der Waals surface area (Å²) in [6, 6.07) is 24.9. The van der Waals surface area contributed by atoms with E-state index < -0.39 is 0 Å². The number of hydrogen-bond acceptors (Lipinski definition) is 3. The van der Waals surface area contributed by atoms with Crippen molar-refractivity contribution in [2.75, 3.05) is 5.43 Å². The maximum atomic E-state index is 6.37. The van der Waals surface area contributed by atoms with Crippen LogP contribution in [0.25, 0.3) is 22.3 Å². The lowest BCUT2D eigenvalue weighted by atomic mass is 10.1. The van der Waals surface area contributed by atoms with Crippen molar-refractivity contribution in [1.82, 2.24) is 0 Å². The van der Waals surface area contributed by atoms with Crippen LogP contribution in [0.1, 0.15) is 0 Å². The highest BCUT2D eigenvalue weighted by Gasteiger charge is 2.10. The number of rotatable bonds is 3. The summed E-state index contributed by atoms with van der Waals surface area (Å²) in [5, 5.41) is 6.95. The molecule has 0 fully saturated rings. The number of fused-ring (bicyclic) bond motifs is 1. The molecule has 4 aromatic rings. The van der Waals surface area contributed by atoms with Crippen molar-refractivity contribution < 1.29 is 4.42 Å². The van der Waals surface area contributed by atoms with Crippen LogP contribution < -0.4 is 10.8 Å². The number of nitrogens with zero attached hydrogens (tertiary/aromatic N) is 1. The van der Waals surface area contributed by atoms with Crippen LogP contribution in [0.4, 0.5) is 5.69 Å². The number of benzene rings is 3. The SMILES string of the molecule is Clc1cc(Cl)c2oc(-c3ccccc3)c/c(=N\Nc3ccccc3)c2c1. The minimum Gasteiger partial charge on any atom is -0.454 e. The molecule has 0 aliphatic carbocycles. The Bertz CT molecular complexity index is 1120. The molecule has 0 saturated heterocycles. The van der Waals surface area contributed by atoms with Crippen molar-refractivity contribution in [3.05, 3.63) is 94.3 Å². The zero-order valence-electron chi connectivity index (χ0n) is 13.6. The molecule has 0 unspecified atom stereocenters. The van der Waals surface area contributed by atoms with Crippen LogP contribution in [0.15, 0.2) is 88.4 Å². The van der Waals surface area contributed by atoms with Crippen molar-refractivity contribution in [2.45, 2.75) is 0 Å². The molecule has 128 valence electrons. The van der Waals surface area contributed by atoms with Gasteiger partial charge >= 0.3 is 0 Å². The summed E-state index contributed by atoms with van der Waals surface area (Å²) in [5.74, 6) is 0.677. The van der Waals surface area contributed by atoms with Gasteiger partial charge in [0.2, 0.25) is 0 Å². The van der Waals surface area contributed by atoms with Gasteiger partial charge in [0.25, 0.3) is 0 Å². The molecule has 1 heterocycles. The average molecular weight is 381 g/mol. The van der Waals surface area contributed by atoms with Crippen LogP contribution in [0, 0.1) is 0 Å². The van der Waals surface area contributed by atoms with Gasteiger partial charge in [-0.1, -0.05) is 71.7 Å². The Morgan fingerprint density at radius 3 is 2.23 bits per heavy atom. The number of nitrogens with one attached hydrogen (secondary N) is 1. The first-order chi connectivity index (χ1) is 12.7. The highest BCUT2D eigenvalue weighted by molar-refractivity contribution is 6.38. The van der Waals surface area contributed by atoms with Crippen LogP contribution in [0.5, 0.6) is 0 Å². The zero-order valence-corrected chi connectivity index (χ0v) is 15.1. The first-order valence-electron chi connectivity index (χ1n) is 8.04. The van der Waals surface area contributed by atoms with E-state index in [1.54, 1.807) is 12.1 Å². The van der Waals surface area contributed by atoms with E-state index in [0.717, 1.165) is 16.6 Å². The molecule has 0 saturated carbocycles. The van der Waals surface area contributed by atoms with Gasteiger partial charge in [-0.3, -0.25) is 5.43 Å². The number of anilines is 1. The van der Waals surface area contributed by atoms with E-state index in [4.69, 9.17) is 27.6 Å². The molecule has 26 heavy (non-hydrogen) atoms. The summed E-state index contributed by atoms with van der Waals surface area (Å²) in [7, 11) is 0. The molecule has 0 radical (unpaired) electrons. The monoisotopic (exact) mass is 380 g/mol. The predicted octanol–water partition coefficient (Wildman–Crippen LogP) is 6.33. The van der Waals surface area contributed by atoms with Gasteiger partial charge < -0.3 is 4.42 Å². The molecule has 1 N–H and O–H groups in total. The van der Waals surface area contributed by atoms with E-state index in [9.17, 15) is 0 Å². The standard InChI is InChI=1S/C21H14Cl2N2O/c22-15-11-17-19(25-24-16-9-5-2-6-10-16)13-20(14-7-3-1-4-8-14)26-21(17)18(23)12-15/h1-13,24H/b25-19+. The van der Waals surface area contributed by atoms with Gasteiger partial charge in [0.05, 0.1) is 16.1 Å². The molecular weight excluding hydrogens is 367 g/mol. The fraction of sp³-hybridized carbons (Fsp3) is 0. The summed E-state index contributed by atoms with van der Waals surface area (Å²) in [6.45, 7) is 0. The highest BCUT2D eigenvalue weighted by Crippen LogP contribution is 2.29. The molecule has 3 aromatic carbocycles. The van der Waals surface area contributed by atoms with Crippen molar-refractivity contribution >= 4 is 39.9 Å². The van der Waals surface area contributed by atoms with Crippen LogP contribution in [-0.4, -0.2) is 0 Å². The molecule has 0 spiro atoms. The molecule has 5 heteroatoms. The maximum Gasteiger partial charge on any atom is 0.155 e. The normalized spacial score (nSPS) is 11.7. The molecule has 0 bridgehead atoms. The van der Waals surface area contributed by atoms with Gasteiger partial charge in [0.1, 0.15) is 5.76 Å². The Kier molecular flexibility index (Phi) is 4.65. The minimum atomic E-state index is 0.446. The summed E-state index contributed by atoms with van der Waals surface area (Å²) < 4.78 is 6.05. The quantitative estimate of drug-likeness (QED) is 0.421. The molecule has 0 aliphatic rings. The van der Waals surface area contributed by atoms with E-state index in [0.29, 0.717) is 26.7 Å². The van der Waals surface area contributed by atoms with Crippen molar-refractivity contribution in [1.29, 1.82) is 0 Å². The third-order valence-electron chi connectivity index (χ3n) is 3.90. The Morgan fingerprint density at radius 1 is 0.808 bits per heavy atom. The molecule has 0 aliphatic heterocycles. The van der Waals surface area contributed by atoms with E-state index >= 15 is 0 Å². The van der Waals surface area contributed by atoms with Gasteiger partial charge in [0, 0.05) is 22.0 Å². The van der Waals surface area contributed by atoms with Gasteiger partial charge in [-0.2, -0.15) is 5.10 Å². The fourth-order valence-electron chi connectivity index (χ4n) is 2.67. The Labute approximate surface area is 160 Å². The molecule has 0 atom stereocenters. The second kappa shape index (κ2) is 7.24. The molecule has 0 amide bonds. The van der Waals surface area contributed by atoms with E-state index in [2.05, 4.69) is 10.5 Å². The summed E-state index contributed by atoms with van der Waals surface area (Å²) >= 11 is 12.6. The van der Waals surface area contributed by atoms with Crippen molar-refractivity contribution in [3.63, 3.8) is 0 Å². The Morgan fingerprint density at radius 2 is 1.50 bits per heavy atom. The smallest absolute Gasteiger partial charge is 0.155 e. The second-order valence-electron chi connectivity index (χ2n) is 5.72. The Hall–Kier alpha value is -2.75. The fourth-order valence-corrected chi connectivity index (χ4v) is 3.20. The highest BCUT2D eigenvalue weighted by atomic mass is 35.5. The van der Waals surface area contributed by atoms with Gasteiger partial charge in [-0.25, -0.2) is 0 Å². The van der Waals surface area contributed by atoms with Crippen LogP contribution >= 0.6 is 23.2 Å². The lowest BCUT2D eigenvalue weighted by molar-refractivity contribution is 0.618. The summed E-state index contributed by atoms with van der Waals surface area (Å²) in [4.78, 5) is 0. The van der Waals surface area contributed by atoms with Gasteiger partial charge in [-0.05, 0) is 24.3 Å². The van der Waals surface area contributed by atoms with E-state index in [1.807, 2.05) is 66.7 Å². The summed E-state index contributed by atoms with van der Waals surface area (Å²) in [5.41, 5.74) is 5.44. The number of hydrogen-bond donors (Lipinski definition) is 1. The Balaban J connectivity index is 1.94. The zero-order chi connectivity index (χ0) is 17.9. The topological polar surface area (TPSA) is 37.5 Å². The number of halogens is 2. The van der Waals surface area contributed by atoms with Gasteiger partial charge in [-0.15, -0.1) is 0 Å². The van der Waals surface area contributed by atoms with Crippen molar-refractivity contribution in [3.8, 4) is 11.3 Å². The molecular formula is C21H14Cl2N2O. The van der Waals surface area contributed by atoms with Gasteiger partial charge in [0.15, 0.2) is 5.58 Å². The maximum absolute atomic E-state index is 6.37. The molecule has 1 aromatic heterocycles. The van der Waals surface area contributed by atoms with Crippen molar-refractivity contribution in [2.24, 2.45) is 5.10 Å². The van der Waals surface area contributed by atoms with E-state index in [-0.39, 0.29) is 0 Å². The van der Waals surface area contributed by atoms with Crippen LogP contribution in [0.2, 0.25) is 10.0 Å². The molecule has 4 rings (SSSR count). The minimum absolute atomic E-state index is 0.446. The van der Waals surface area contributed by atoms with E-state index in [1.165, 1.54) is 0 Å². The lowest BCUT2D eigenvalue weighted by Crippen LogP contribution is -2.07. The first kappa shape index (κ1) is 16.7. The third kappa shape index (κ3) is 3.45. The largest absolute Gasteiger partial charge is 0.454 e.